The Morgan fingerprint density at radius 3 is 2.57 bits per heavy atom. The van der Waals surface area contributed by atoms with Crippen LogP contribution in [-0.4, -0.2) is 39.1 Å². The van der Waals surface area contributed by atoms with E-state index in [9.17, 15) is 4.79 Å². The molecule has 2 N–H and O–H groups in total. The number of para-hydroxylation sites is 1. The third kappa shape index (κ3) is 5.20. The molecule has 3 heterocycles. The molecule has 2 aromatic carbocycles. The Kier molecular flexibility index (Phi) is 7.18. The molecule has 188 valence electrons. The Morgan fingerprint density at radius 1 is 1.05 bits per heavy atom. The number of rotatable bonds is 8. The molecule has 4 aromatic rings. The van der Waals surface area contributed by atoms with Crippen LogP contribution in [0.1, 0.15) is 35.5 Å². The summed E-state index contributed by atoms with van der Waals surface area (Å²) in [6, 6.07) is 25.4. The molecule has 1 aliphatic heterocycles. The molecule has 1 aliphatic rings. The number of pyridine rings is 1. The molecule has 37 heavy (non-hydrogen) atoms. The highest BCUT2D eigenvalue weighted by atomic mass is 32.1. The Morgan fingerprint density at radius 2 is 1.84 bits per heavy atom. The highest BCUT2D eigenvalue weighted by Crippen LogP contribution is 2.39. The molecule has 2 aromatic heterocycles. The number of thiocarbonyl (C=S) groups is 1. The van der Waals surface area contributed by atoms with Gasteiger partial charge in [-0.15, -0.1) is 0 Å². The van der Waals surface area contributed by atoms with Crippen molar-refractivity contribution in [3.63, 3.8) is 0 Å². The summed E-state index contributed by atoms with van der Waals surface area (Å²) in [5.74, 6) is 0.747. The van der Waals surface area contributed by atoms with Crippen LogP contribution in [0, 0.1) is 6.92 Å². The van der Waals surface area contributed by atoms with Gasteiger partial charge in [-0.25, -0.2) is 0 Å². The Balaban J connectivity index is 1.44. The number of anilines is 1. The maximum Gasteiger partial charge on any atom is 0.226 e. The molecule has 1 saturated heterocycles. The maximum absolute atomic E-state index is 12.9. The van der Waals surface area contributed by atoms with Crippen molar-refractivity contribution in [3.05, 3.63) is 108 Å². The first kappa shape index (κ1) is 24.5. The quantitative estimate of drug-likeness (QED) is 0.317. The molecule has 0 unspecified atom stereocenters. The van der Waals surface area contributed by atoms with E-state index in [1.165, 1.54) is 0 Å². The number of carbonyl (C=O) groups excluding carboxylic acids is 1. The third-order valence-electron chi connectivity index (χ3n) is 6.63. The highest BCUT2D eigenvalue weighted by molar-refractivity contribution is 7.80. The van der Waals surface area contributed by atoms with Crippen molar-refractivity contribution in [2.75, 3.05) is 19.0 Å². The van der Waals surface area contributed by atoms with Gasteiger partial charge in [0.2, 0.25) is 5.91 Å². The molecule has 0 radical (unpaired) electrons. The van der Waals surface area contributed by atoms with E-state index in [1.807, 2.05) is 85.9 Å². The van der Waals surface area contributed by atoms with Gasteiger partial charge >= 0.3 is 0 Å². The van der Waals surface area contributed by atoms with Gasteiger partial charge in [-0.05, 0) is 79.3 Å². The average molecular weight is 512 g/mol. The van der Waals surface area contributed by atoms with Crippen LogP contribution < -0.4 is 15.4 Å². The fraction of sp³-hybridized carbons (Fsp3) is 0.207. The van der Waals surface area contributed by atoms with E-state index in [2.05, 4.69) is 31.2 Å². The zero-order valence-electron chi connectivity index (χ0n) is 20.8. The molecular formula is C29H29N5O2S. The lowest BCUT2D eigenvalue weighted by Crippen LogP contribution is -2.33. The summed E-state index contributed by atoms with van der Waals surface area (Å²) >= 11 is 5.79. The highest BCUT2D eigenvalue weighted by Gasteiger charge is 2.41. The Labute approximate surface area is 222 Å². The lowest BCUT2D eigenvalue weighted by Gasteiger charge is -2.29. The van der Waals surface area contributed by atoms with Gasteiger partial charge in [-0.1, -0.05) is 24.3 Å². The zero-order valence-corrected chi connectivity index (χ0v) is 21.6. The first-order chi connectivity index (χ1) is 18.0. The number of benzene rings is 2. The van der Waals surface area contributed by atoms with Crippen LogP contribution in [-0.2, 0) is 4.79 Å². The minimum Gasteiger partial charge on any atom is -0.497 e. The van der Waals surface area contributed by atoms with E-state index >= 15 is 0 Å². The average Bonchev–Trinajstić information content (AvgIpc) is 3.53. The van der Waals surface area contributed by atoms with Gasteiger partial charge < -0.3 is 24.8 Å². The van der Waals surface area contributed by atoms with Gasteiger partial charge in [0.05, 0.1) is 24.9 Å². The minimum absolute atomic E-state index is 0.0531. The molecule has 7 nitrogen and oxygen atoms in total. The van der Waals surface area contributed by atoms with Crippen molar-refractivity contribution in [1.82, 2.24) is 19.8 Å². The number of carbonyl (C=O) groups is 1. The predicted molar refractivity (Wildman–Crippen MR) is 149 cm³/mol. The first-order valence-corrected chi connectivity index (χ1v) is 12.6. The number of aromatic nitrogens is 2. The zero-order chi connectivity index (χ0) is 25.8. The summed E-state index contributed by atoms with van der Waals surface area (Å²) in [6.45, 7) is 2.45. The maximum atomic E-state index is 12.9. The number of aryl methyl sites for hydroxylation is 1. The monoisotopic (exact) mass is 511 g/mol. The van der Waals surface area contributed by atoms with Crippen LogP contribution in [0.3, 0.4) is 0 Å². The molecular weight excluding hydrogens is 482 g/mol. The lowest BCUT2D eigenvalue weighted by molar-refractivity contribution is -0.116. The molecule has 2 atom stereocenters. The van der Waals surface area contributed by atoms with Crippen molar-refractivity contribution in [1.29, 1.82) is 0 Å². The van der Waals surface area contributed by atoms with Gasteiger partial charge in [-0.3, -0.25) is 9.78 Å². The van der Waals surface area contributed by atoms with Crippen LogP contribution in [0.5, 0.6) is 5.75 Å². The van der Waals surface area contributed by atoms with Crippen molar-refractivity contribution >= 4 is 28.9 Å². The van der Waals surface area contributed by atoms with Gasteiger partial charge in [-0.2, -0.15) is 0 Å². The van der Waals surface area contributed by atoms with E-state index in [0.717, 1.165) is 34.1 Å². The van der Waals surface area contributed by atoms with Crippen molar-refractivity contribution in [3.8, 4) is 11.4 Å². The number of nitrogens with zero attached hydrogens (tertiary/aromatic N) is 3. The normalized spacial score (nSPS) is 16.9. The Hall–Kier alpha value is -4.17. The number of ether oxygens (including phenoxy) is 1. The molecule has 0 aliphatic carbocycles. The molecule has 1 fully saturated rings. The molecule has 1 amide bonds. The second kappa shape index (κ2) is 10.8. The van der Waals surface area contributed by atoms with Gasteiger partial charge in [0.15, 0.2) is 5.11 Å². The summed E-state index contributed by atoms with van der Waals surface area (Å²) in [6.07, 6.45) is 4.12. The van der Waals surface area contributed by atoms with E-state index in [4.69, 9.17) is 17.0 Å². The topological polar surface area (TPSA) is 71.4 Å². The summed E-state index contributed by atoms with van der Waals surface area (Å²) in [4.78, 5) is 19.6. The summed E-state index contributed by atoms with van der Waals surface area (Å²) < 4.78 is 7.48. The molecule has 0 bridgehead atoms. The van der Waals surface area contributed by atoms with Crippen LogP contribution >= 0.6 is 12.2 Å². The number of hydrogen-bond donors (Lipinski definition) is 2. The number of methoxy groups -OCH3 is 1. The second-order valence-electron chi connectivity index (χ2n) is 8.93. The van der Waals surface area contributed by atoms with Crippen LogP contribution in [0.15, 0.2) is 91.3 Å². The number of hydrogen-bond acceptors (Lipinski definition) is 4. The van der Waals surface area contributed by atoms with Gasteiger partial charge in [0, 0.05) is 42.4 Å². The Bertz CT molecular complexity index is 1390. The van der Waals surface area contributed by atoms with E-state index in [-0.39, 0.29) is 18.0 Å². The van der Waals surface area contributed by atoms with Crippen molar-refractivity contribution < 1.29 is 9.53 Å². The number of nitrogens with one attached hydrogen (secondary N) is 2. The van der Waals surface area contributed by atoms with Crippen LogP contribution in [0.4, 0.5) is 5.69 Å². The van der Waals surface area contributed by atoms with Crippen molar-refractivity contribution in [2.45, 2.75) is 25.4 Å². The van der Waals surface area contributed by atoms with Crippen LogP contribution in [0.2, 0.25) is 0 Å². The fourth-order valence-corrected chi connectivity index (χ4v) is 5.06. The summed E-state index contributed by atoms with van der Waals surface area (Å²) in [5.41, 5.74) is 4.80. The van der Waals surface area contributed by atoms with E-state index < -0.39 is 0 Å². The summed E-state index contributed by atoms with van der Waals surface area (Å²) in [5, 5.41) is 7.10. The minimum atomic E-state index is -0.167. The van der Waals surface area contributed by atoms with Crippen molar-refractivity contribution in [2.24, 2.45) is 0 Å². The van der Waals surface area contributed by atoms with E-state index in [1.54, 1.807) is 13.3 Å². The van der Waals surface area contributed by atoms with Gasteiger partial charge in [0.1, 0.15) is 5.75 Å². The SMILES string of the molecule is COc1ccc(-n2cccc2[C@H]2[C@@H](c3ccccn3)NC(=S)N2CCC(=O)Nc2ccccc2C)cc1. The molecule has 5 rings (SSSR count). The smallest absolute Gasteiger partial charge is 0.226 e. The first-order valence-electron chi connectivity index (χ1n) is 12.2. The predicted octanol–water partition coefficient (Wildman–Crippen LogP) is 5.19. The molecule has 8 heteroatoms. The second-order valence-corrected chi connectivity index (χ2v) is 9.32. The van der Waals surface area contributed by atoms with Crippen LogP contribution in [0.25, 0.3) is 5.69 Å². The fourth-order valence-electron chi connectivity index (χ4n) is 4.73. The van der Waals surface area contributed by atoms with Gasteiger partial charge in [0.25, 0.3) is 0 Å². The summed E-state index contributed by atoms with van der Waals surface area (Å²) in [7, 11) is 1.66. The number of amides is 1. The largest absolute Gasteiger partial charge is 0.497 e. The lowest BCUT2D eigenvalue weighted by atomic mass is 10.0. The molecule has 0 saturated carbocycles. The third-order valence-corrected chi connectivity index (χ3v) is 6.98. The standard InChI is InChI=1S/C29H29N5O2S/c1-20-8-3-4-9-23(20)31-26(35)16-19-34-28(27(32-29(34)37)24-10-5-6-17-30-24)25-11-7-18-33(25)21-12-14-22(36-2)15-13-21/h3-15,17-18,27-28H,16,19H2,1-2H3,(H,31,35)(H,32,37)/t27-,28+/m1/s1. The molecule has 0 spiro atoms. The van der Waals surface area contributed by atoms with E-state index in [0.29, 0.717) is 18.1 Å².